The molecule has 1 saturated carbocycles. The lowest BCUT2D eigenvalue weighted by Crippen LogP contribution is -2.50. The van der Waals surface area contributed by atoms with Crippen molar-refractivity contribution >= 4 is 17.9 Å². The Kier molecular flexibility index (Phi) is 9.49. The largest absolute Gasteiger partial charge is 0.456 e. The minimum Gasteiger partial charge on any atom is -0.456 e. The molecule has 6 heteroatoms. The number of hydrogen-bond acceptors (Lipinski definition) is 6. The lowest BCUT2D eigenvalue weighted by Gasteiger charge is -2.44. The molecule has 0 aromatic rings. The van der Waals surface area contributed by atoms with E-state index >= 15 is 0 Å². The quantitative estimate of drug-likeness (QED) is 0.270. The summed E-state index contributed by atoms with van der Waals surface area (Å²) < 4.78 is 16.5. The van der Waals surface area contributed by atoms with Crippen molar-refractivity contribution in [1.82, 2.24) is 0 Å². The summed E-state index contributed by atoms with van der Waals surface area (Å²) in [6, 6.07) is 0. The number of esters is 3. The molecule has 1 fully saturated rings. The number of hydrogen-bond donors (Lipinski definition) is 0. The number of carbonyl (C=O) groups excluding carboxylic acids is 3. The monoisotopic (exact) mass is 448 g/mol. The van der Waals surface area contributed by atoms with Crippen LogP contribution >= 0.6 is 0 Å². The molecular weight excluding hydrogens is 408 g/mol. The lowest BCUT2D eigenvalue weighted by molar-refractivity contribution is -0.192. The molecule has 0 aromatic carbocycles. The van der Waals surface area contributed by atoms with Gasteiger partial charge in [-0.3, -0.25) is 14.4 Å². The zero-order chi connectivity index (χ0) is 24.9. The molecule has 1 aliphatic carbocycles. The SMILES string of the molecule is C=C[C@@]1(C)CC[C@H](/C(C)=C/[C@H](OC(C)=O)[C@H](OC(C)=O)C(C)(C)OC(C)=O)C[C@@H]1C(=C)C. The van der Waals surface area contributed by atoms with Gasteiger partial charge in [0.25, 0.3) is 0 Å². The molecule has 0 N–H and O–H groups in total. The molecule has 0 bridgehead atoms. The van der Waals surface area contributed by atoms with Crippen molar-refractivity contribution in [3.05, 3.63) is 36.5 Å². The maximum Gasteiger partial charge on any atom is 0.303 e. The van der Waals surface area contributed by atoms with E-state index in [-0.39, 0.29) is 17.3 Å². The minimum atomic E-state index is -1.21. The maximum atomic E-state index is 11.9. The van der Waals surface area contributed by atoms with E-state index in [0.29, 0.717) is 0 Å². The third kappa shape index (κ3) is 7.35. The van der Waals surface area contributed by atoms with Gasteiger partial charge in [-0.05, 0) is 70.3 Å². The van der Waals surface area contributed by atoms with Crippen LogP contribution in [0.1, 0.15) is 74.7 Å². The highest BCUT2D eigenvalue weighted by atomic mass is 16.6. The van der Waals surface area contributed by atoms with E-state index in [1.54, 1.807) is 13.8 Å². The van der Waals surface area contributed by atoms with Crippen LogP contribution in [-0.4, -0.2) is 35.7 Å². The molecule has 0 amide bonds. The molecule has 0 aliphatic heterocycles. The number of allylic oxidation sites excluding steroid dienone is 3. The highest BCUT2D eigenvalue weighted by Gasteiger charge is 2.43. The molecule has 0 spiro atoms. The Bertz CT molecular complexity index is 777. The molecule has 0 radical (unpaired) electrons. The van der Waals surface area contributed by atoms with Crippen LogP contribution in [0, 0.1) is 17.3 Å². The van der Waals surface area contributed by atoms with E-state index in [2.05, 4.69) is 20.1 Å². The molecule has 6 nitrogen and oxygen atoms in total. The van der Waals surface area contributed by atoms with E-state index in [9.17, 15) is 14.4 Å². The van der Waals surface area contributed by atoms with Crippen LogP contribution in [0.2, 0.25) is 0 Å². The Hall–Kier alpha value is -2.37. The first-order chi connectivity index (χ1) is 14.6. The average molecular weight is 449 g/mol. The Morgan fingerprint density at radius 3 is 2.03 bits per heavy atom. The maximum absolute atomic E-state index is 11.9. The van der Waals surface area contributed by atoms with Crippen LogP contribution in [0.4, 0.5) is 0 Å². The zero-order valence-corrected chi connectivity index (χ0v) is 20.9. The summed E-state index contributed by atoms with van der Waals surface area (Å²) in [5.74, 6) is -1.05. The van der Waals surface area contributed by atoms with Crippen LogP contribution in [0.15, 0.2) is 36.5 Å². The predicted molar refractivity (Wildman–Crippen MR) is 125 cm³/mol. The van der Waals surface area contributed by atoms with E-state index in [1.807, 2.05) is 26.0 Å². The van der Waals surface area contributed by atoms with Crippen molar-refractivity contribution in [2.75, 3.05) is 0 Å². The fraction of sp³-hybridized carbons (Fsp3) is 0.654. The molecule has 32 heavy (non-hydrogen) atoms. The first kappa shape index (κ1) is 27.7. The summed E-state index contributed by atoms with van der Waals surface area (Å²) in [5.41, 5.74) is 0.942. The topological polar surface area (TPSA) is 78.9 Å². The highest BCUT2D eigenvalue weighted by molar-refractivity contribution is 5.68. The van der Waals surface area contributed by atoms with E-state index in [0.717, 1.165) is 30.4 Å². The van der Waals surface area contributed by atoms with E-state index in [1.165, 1.54) is 20.8 Å². The third-order valence-electron chi connectivity index (χ3n) is 6.47. The Labute approximate surface area is 193 Å². The molecule has 1 rings (SSSR count). The van der Waals surface area contributed by atoms with Gasteiger partial charge in [-0.25, -0.2) is 0 Å². The van der Waals surface area contributed by atoms with Gasteiger partial charge in [-0.2, -0.15) is 0 Å². The van der Waals surface area contributed by atoms with Gasteiger partial charge in [0.1, 0.15) is 5.60 Å². The van der Waals surface area contributed by atoms with Gasteiger partial charge in [0.15, 0.2) is 12.2 Å². The Morgan fingerprint density at radius 2 is 1.59 bits per heavy atom. The first-order valence-electron chi connectivity index (χ1n) is 11.1. The predicted octanol–water partition coefficient (Wildman–Crippen LogP) is 5.32. The summed E-state index contributed by atoms with van der Waals surface area (Å²) in [7, 11) is 0. The van der Waals surface area contributed by atoms with Crippen LogP contribution < -0.4 is 0 Å². The second kappa shape index (κ2) is 11.0. The smallest absolute Gasteiger partial charge is 0.303 e. The number of rotatable bonds is 9. The van der Waals surface area contributed by atoms with Gasteiger partial charge >= 0.3 is 17.9 Å². The van der Waals surface area contributed by atoms with Gasteiger partial charge in [0.2, 0.25) is 0 Å². The summed E-state index contributed by atoms with van der Waals surface area (Å²) in [4.78, 5) is 35.4. The number of ether oxygens (including phenoxy) is 3. The van der Waals surface area contributed by atoms with Gasteiger partial charge < -0.3 is 14.2 Å². The lowest BCUT2D eigenvalue weighted by atomic mass is 9.61. The molecular formula is C26H40O6. The van der Waals surface area contributed by atoms with Crippen LogP contribution in [0.25, 0.3) is 0 Å². The van der Waals surface area contributed by atoms with Crippen LogP contribution in [-0.2, 0) is 28.6 Å². The van der Waals surface area contributed by atoms with Crippen molar-refractivity contribution < 1.29 is 28.6 Å². The summed E-state index contributed by atoms with van der Waals surface area (Å²) in [6.45, 7) is 21.6. The molecule has 180 valence electrons. The second-order valence-corrected chi connectivity index (χ2v) is 9.79. The van der Waals surface area contributed by atoms with Crippen molar-refractivity contribution in [2.24, 2.45) is 17.3 Å². The summed E-state index contributed by atoms with van der Waals surface area (Å²) >= 11 is 0. The number of carbonyl (C=O) groups is 3. The molecule has 1 aliphatic rings. The van der Waals surface area contributed by atoms with Gasteiger partial charge in [-0.1, -0.05) is 30.7 Å². The molecule has 0 heterocycles. The minimum absolute atomic E-state index is 0.00447. The molecule has 0 saturated heterocycles. The van der Waals surface area contributed by atoms with Crippen molar-refractivity contribution in [3.8, 4) is 0 Å². The van der Waals surface area contributed by atoms with Crippen molar-refractivity contribution in [1.29, 1.82) is 0 Å². The highest BCUT2D eigenvalue weighted by Crippen LogP contribution is 2.49. The Morgan fingerprint density at radius 1 is 1.03 bits per heavy atom. The zero-order valence-electron chi connectivity index (χ0n) is 20.9. The van der Waals surface area contributed by atoms with E-state index < -0.39 is 35.7 Å². The standard InChI is InChI=1S/C26H40O6/c1-11-26(10)13-12-21(15-22(26)16(2)3)17(4)14-23(30-18(5)27)24(31-19(6)28)25(8,9)32-20(7)29/h11,14,21-24H,1-2,12-13,15H2,3-10H3/b17-14+/t21-,22+,23-,24-,26-/m0/s1. The molecule has 0 aromatic heterocycles. The third-order valence-corrected chi connectivity index (χ3v) is 6.47. The normalized spacial score (nSPS) is 25.8. The van der Waals surface area contributed by atoms with Crippen LogP contribution in [0.3, 0.4) is 0 Å². The van der Waals surface area contributed by atoms with Gasteiger partial charge in [-0.15, -0.1) is 6.58 Å². The molecule has 0 unspecified atom stereocenters. The fourth-order valence-electron chi connectivity index (χ4n) is 4.73. The van der Waals surface area contributed by atoms with E-state index in [4.69, 9.17) is 14.2 Å². The first-order valence-corrected chi connectivity index (χ1v) is 11.1. The Balaban J connectivity index is 3.33. The molecule has 5 atom stereocenters. The van der Waals surface area contributed by atoms with Crippen molar-refractivity contribution in [2.45, 2.75) is 92.5 Å². The van der Waals surface area contributed by atoms with Crippen LogP contribution in [0.5, 0.6) is 0 Å². The van der Waals surface area contributed by atoms with Gasteiger partial charge in [0.05, 0.1) is 0 Å². The summed E-state index contributed by atoms with van der Waals surface area (Å²) in [5, 5.41) is 0. The fourth-order valence-corrected chi connectivity index (χ4v) is 4.73. The summed E-state index contributed by atoms with van der Waals surface area (Å²) in [6.07, 6.45) is 4.78. The average Bonchev–Trinajstić information content (AvgIpc) is 2.63. The van der Waals surface area contributed by atoms with Gasteiger partial charge in [0, 0.05) is 20.8 Å². The van der Waals surface area contributed by atoms with Crippen molar-refractivity contribution in [3.63, 3.8) is 0 Å². The second-order valence-electron chi connectivity index (χ2n) is 9.79.